The molecule has 0 spiro atoms. The lowest BCUT2D eigenvalue weighted by molar-refractivity contribution is 0.319. The minimum absolute atomic E-state index is 0.480. The summed E-state index contributed by atoms with van der Waals surface area (Å²) in [6.07, 6.45) is 3.78. The zero-order valence-electron chi connectivity index (χ0n) is 16.5. The zero-order valence-corrected chi connectivity index (χ0v) is 16.5. The van der Waals surface area contributed by atoms with Crippen molar-refractivity contribution in [2.75, 3.05) is 13.7 Å². The first-order valence-electron chi connectivity index (χ1n) is 9.34. The van der Waals surface area contributed by atoms with Gasteiger partial charge in [-0.25, -0.2) is 0 Å². The molecule has 146 valence electrons. The maximum Gasteiger partial charge on any atom is 0.161 e. The van der Waals surface area contributed by atoms with E-state index in [2.05, 4.69) is 47.3 Å². The summed E-state index contributed by atoms with van der Waals surface area (Å²) < 4.78 is 13.1. The van der Waals surface area contributed by atoms with Crippen molar-refractivity contribution in [2.45, 2.75) is 26.6 Å². The third kappa shape index (κ3) is 5.47. The number of nitrogens with zero attached hydrogens (tertiary/aromatic N) is 2. The van der Waals surface area contributed by atoms with E-state index in [9.17, 15) is 0 Å². The van der Waals surface area contributed by atoms with E-state index in [1.54, 1.807) is 13.3 Å². The van der Waals surface area contributed by atoms with Gasteiger partial charge in [0.2, 0.25) is 0 Å². The fraction of sp³-hybridized carbons (Fsp3) is 0.261. The fourth-order valence-corrected chi connectivity index (χ4v) is 2.94. The lowest BCUT2D eigenvalue weighted by Crippen LogP contribution is -2.15. The number of hydrogen-bond acceptors (Lipinski definition) is 4. The Balaban J connectivity index is 1.62. The molecule has 0 fully saturated rings. The Morgan fingerprint density at radius 3 is 2.61 bits per heavy atom. The van der Waals surface area contributed by atoms with Crippen molar-refractivity contribution in [2.24, 2.45) is 0 Å². The van der Waals surface area contributed by atoms with Gasteiger partial charge in [0.15, 0.2) is 11.5 Å². The number of hydrogen-bond donors (Lipinski definition) is 1. The number of benzene rings is 2. The minimum atomic E-state index is 0.480. The second-order valence-corrected chi connectivity index (χ2v) is 6.81. The lowest BCUT2D eigenvalue weighted by Gasteiger charge is -2.14. The third-order valence-corrected chi connectivity index (χ3v) is 4.36. The van der Waals surface area contributed by atoms with Crippen LogP contribution in [0, 0.1) is 0 Å². The molecule has 2 aromatic carbocycles. The number of rotatable bonds is 10. The second kappa shape index (κ2) is 9.76. The van der Waals surface area contributed by atoms with E-state index in [4.69, 9.17) is 9.47 Å². The van der Waals surface area contributed by atoms with Gasteiger partial charge in [-0.3, -0.25) is 4.68 Å². The van der Waals surface area contributed by atoms with Crippen molar-refractivity contribution in [3.8, 4) is 11.5 Å². The van der Waals surface area contributed by atoms with Crippen LogP contribution in [0.4, 0.5) is 0 Å². The molecule has 28 heavy (non-hydrogen) atoms. The van der Waals surface area contributed by atoms with E-state index in [1.165, 1.54) is 11.1 Å². The molecular formula is C23H27N3O2. The Morgan fingerprint density at radius 1 is 1.07 bits per heavy atom. The topological polar surface area (TPSA) is 48.3 Å². The number of nitrogens with one attached hydrogen (secondary N) is 1. The van der Waals surface area contributed by atoms with Gasteiger partial charge in [-0.1, -0.05) is 36.9 Å². The number of methoxy groups -OCH3 is 1. The summed E-state index contributed by atoms with van der Waals surface area (Å²) in [6, 6.07) is 16.4. The maximum atomic E-state index is 5.81. The first-order chi connectivity index (χ1) is 13.7. The maximum absolute atomic E-state index is 5.81. The van der Waals surface area contributed by atoms with Gasteiger partial charge < -0.3 is 14.8 Å². The van der Waals surface area contributed by atoms with Crippen LogP contribution in [0.5, 0.6) is 11.5 Å². The van der Waals surface area contributed by atoms with Crippen LogP contribution in [0.3, 0.4) is 0 Å². The summed E-state index contributed by atoms with van der Waals surface area (Å²) >= 11 is 0. The highest BCUT2D eigenvalue weighted by atomic mass is 16.5. The highest BCUT2D eigenvalue weighted by Crippen LogP contribution is 2.28. The molecular weight excluding hydrogens is 350 g/mol. The second-order valence-electron chi connectivity index (χ2n) is 6.81. The van der Waals surface area contributed by atoms with Crippen LogP contribution in [0.1, 0.15) is 23.6 Å². The van der Waals surface area contributed by atoms with Crippen molar-refractivity contribution in [3.63, 3.8) is 0 Å². The summed E-state index contributed by atoms with van der Waals surface area (Å²) in [5.74, 6) is 1.47. The Hall–Kier alpha value is -3.05. The van der Waals surface area contributed by atoms with Crippen LogP contribution in [0.2, 0.25) is 0 Å². The highest BCUT2D eigenvalue weighted by Gasteiger charge is 2.07. The number of ether oxygens (including phenoxy) is 2. The zero-order chi connectivity index (χ0) is 19.8. The van der Waals surface area contributed by atoms with Crippen molar-refractivity contribution < 1.29 is 9.47 Å². The molecule has 0 aliphatic rings. The van der Waals surface area contributed by atoms with Crippen molar-refractivity contribution in [3.05, 3.63) is 89.8 Å². The van der Waals surface area contributed by atoms with Gasteiger partial charge in [0, 0.05) is 25.5 Å². The molecule has 3 aromatic rings. The van der Waals surface area contributed by atoms with Gasteiger partial charge >= 0.3 is 0 Å². The molecule has 0 unspecified atom stereocenters. The first-order valence-corrected chi connectivity index (χ1v) is 9.34. The van der Waals surface area contributed by atoms with E-state index in [0.29, 0.717) is 6.61 Å². The third-order valence-electron chi connectivity index (χ3n) is 4.36. The Morgan fingerprint density at radius 2 is 1.89 bits per heavy atom. The van der Waals surface area contributed by atoms with Crippen LogP contribution < -0.4 is 14.8 Å². The molecule has 3 rings (SSSR count). The molecule has 1 heterocycles. The molecule has 0 bridgehead atoms. The van der Waals surface area contributed by atoms with E-state index >= 15 is 0 Å². The molecule has 5 nitrogen and oxygen atoms in total. The average molecular weight is 377 g/mol. The standard InChI is InChI=1S/C23H27N3O2/c1-18(2)17-28-23-13-19(9-10-22(23)27-3)14-24-15-20-7-4-5-8-21(20)16-26-12-6-11-25-26/h4-13,24H,1,14-17H2,2-3H3. The molecule has 1 aromatic heterocycles. The van der Waals surface area contributed by atoms with Crippen LogP contribution in [0.15, 0.2) is 73.1 Å². The van der Waals surface area contributed by atoms with Crippen LogP contribution in [-0.4, -0.2) is 23.5 Å². The predicted molar refractivity (Wildman–Crippen MR) is 112 cm³/mol. The molecule has 0 amide bonds. The molecule has 0 radical (unpaired) electrons. The van der Waals surface area contributed by atoms with Gasteiger partial charge in [-0.05, 0) is 47.4 Å². The quantitative estimate of drug-likeness (QED) is 0.539. The van der Waals surface area contributed by atoms with E-state index in [0.717, 1.165) is 42.3 Å². The molecule has 1 N–H and O–H groups in total. The van der Waals surface area contributed by atoms with Gasteiger partial charge in [-0.15, -0.1) is 0 Å². The van der Waals surface area contributed by atoms with Crippen LogP contribution in [0.25, 0.3) is 0 Å². The SMILES string of the molecule is C=C(C)COc1cc(CNCc2ccccc2Cn2cccn2)ccc1OC. The molecule has 0 atom stereocenters. The average Bonchev–Trinajstić information content (AvgIpc) is 3.21. The first kappa shape index (κ1) is 19.7. The normalized spacial score (nSPS) is 10.6. The molecule has 0 aliphatic carbocycles. The van der Waals surface area contributed by atoms with Gasteiger partial charge in [0.1, 0.15) is 6.61 Å². The summed E-state index contributed by atoms with van der Waals surface area (Å²) in [4.78, 5) is 0. The summed E-state index contributed by atoms with van der Waals surface area (Å²) in [7, 11) is 1.65. The Labute approximate surface area is 166 Å². The van der Waals surface area contributed by atoms with E-state index in [-0.39, 0.29) is 0 Å². The van der Waals surface area contributed by atoms with Crippen molar-refractivity contribution in [1.82, 2.24) is 15.1 Å². The minimum Gasteiger partial charge on any atom is -0.493 e. The summed E-state index contributed by atoms with van der Waals surface area (Å²) in [5, 5.41) is 7.82. The predicted octanol–water partition coefficient (Wildman–Crippen LogP) is 4.18. The largest absolute Gasteiger partial charge is 0.493 e. The Kier molecular flexibility index (Phi) is 6.87. The lowest BCUT2D eigenvalue weighted by atomic mass is 10.1. The highest BCUT2D eigenvalue weighted by molar-refractivity contribution is 5.43. The van der Waals surface area contributed by atoms with Crippen molar-refractivity contribution >= 4 is 0 Å². The van der Waals surface area contributed by atoms with E-state index < -0.39 is 0 Å². The number of aromatic nitrogens is 2. The molecule has 0 saturated heterocycles. The molecule has 5 heteroatoms. The summed E-state index contributed by atoms with van der Waals surface area (Å²) in [6.45, 7) is 8.60. The fourth-order valence-electron chi connectivity index (χ4n) is 2.94. The van der Waals surface area contributed by atoms with Gasteiger partial charge in [0.25, 0.3) is 0 Å². The smallest absolute Gasteiger partial charge is 0.161 e. The Bertz CT molecular complexity index is 904. The van der Waals surface area contributed by atoms with Crippen LogP contribution in [-0.2, 0) is 19.6 Å². The molecule has 0 saturated carbocycles. The monoisotopic (exact) mass is 377 g/mol. The van der Waals surface area contributed by atoms with Crippen molar-refractivity contribution in [1.29, 1.82) is 0 Å². The van der Waals surface area contributed by atoms with E-state index in [1.807, 2.05) is 36.0 Å². The summed E-state index contributed by atoms with van der Waals surface area (Å²) in [5.41, 5.74) is 4.64. The van der Waals surface area contributed by atoms with Crippen LogP contribution >= 0.6 is 0 Å². The molecule has 0 aliphatic heterocycles. The van der Waals surface area contributed by atoms with Gasteiger partial charge in [-0.2, -0.15) is 5.10 Å². The van der Waals surface area contributed by atoms with Gasteiger partial charge in [0.05, 0.1) is 13.7 Å².